The smallest absolute Gasteiger partial charge is 0.234 e. The van der Waals surface area contributed by atoms with Crippen LogP contribution >= 0.6 is 0 Å². The molecule has 5 heteroatoms. The van der Waals surface area contributed by atoms with E-state index in [1.165, 1.54) is 0 Å². The molecule has 2 amide bonds. The summed E-state index contributed by atoms with van der Waals surface area (Å²) in [6, 6.07) is 0. The van der Waals surface area contributed by atoms with Gasteiger partial charge in [-0.25, -0.2) is 0 Å². The van der Waals surface area contributed by atoms with Crippen LogP contribution in [0.2, 0.25) is 0 Å². The van der Waals surface area contributed by atoms with Crippen LogP contribution < -0.4 is 11.1 Å². The van der Waals surface area contributed by atoms with Crippen molar-refractivity contribution in [3.8, 4) is 0 Å². The van der Waals surface area contributed by atoms with Gasteiger partial charge in [0, 0.05) is 13.1 Å². The Bertz CT molecular complexity index is 193. The molecule has 0 aromatic carbocycles. The van der Waals surface area contributed by atoms with E-state index in [1.54, 1.807) is 4.90 Å². The molecule has 12 heavy (non-hydrogen) atoms. The molecular formula is C7H13N3O2. The van der Waals surface area contributed by atoms with Crippen molar-refractivity contribution in [1.29, 1.82) is 0 Å². The third kappa shape index (κ3) is 2.87. The molecule has 0 bridgehead atoms. The number of hydrogen-bond acceptors (Lipinski definition) is 3. The Morgan fingerprint density at radius 3 is 3.08 bits per heavy atom. The highest BCUT2D eigenvalue weighted by Gasteiger charge is 2.15. The van der Waals surface area contributed by atoms with Crippen molar-refractivity contribution in [1.82, 2.24) is 10.2 Å². The highest BCUT2D eigenvalue weighted by Crippen LogP contribution is 1.94. The highest BCUT2D eigenvalue weighted by atomic mass is 16.2. The lowest BCUT2D eigenvalue weighted by atomic mass is 10.4. The molecule has 0 aromatic heterocycles. The zero-order valence-corrected chi connectivity index (χ0v) is 6.88. The number of amides is 2. The molecule has 1 saturated heterocycles. The van der Waals surface area contributed by atoms with Gasteiger partial charge in [-0.05, 0) is 6.42 Å². The number of nitrogens with one attached hydrogen (secondary N) is 1. The highest BCUT2D eigenvalue weighted by molar-refractivity contribution is 5.80. The van der Waals surface area contributed by atoms with E-state index in [9.17, 15) is 9.59 Å². The van der Waals surface area contributed by atoms with E-state index >= 15 is 0 Å². The minimum atomic E-state index is -0.385. The van der Waals surface area contributed by atoms with Gasteiger partial charge in [-0.2, -0.15) is 0 Å². The van der Waals surface area contributed by atoms with Crippen molar-refractivity contribution in [2.24, 2.45) is 5.73 Å². The average molecular weight is 171 g/mol. The molecule has 0 unspecified atom stereocenters. The third-order valence-corrected chi connectivity index (χ3v) is 1.72. The van der Waals surface area contributed by atoms with Crippen molar-refractivity contribution < 1.29 is 9.59 Å². The number of hydrogen-bond donors (Lipinski definition) is 2. The maximum absolute atomic E-state index is 11.0. The summed E-state index contributed by atoms with van der Waals surface area (Å²) in [6.07, 6.45) is 0.874. The molecule has 1 aliphatic rings. The monoisotopic (exact) mass is 171 g/mol. The van der Waals surface area contributed by atoms with Gasteiger partial charge in [0.05, 0.1) is 13.1 Å². The van der Waals surface area contributed by atoms with Crippen LogP contribution in [-0.4, -0.2) is 42.9 Å². The molecule has 1 rings (SSSR count). The minimum Gasteiger partial charge on any atom is -0.369 e. The second-order valence-electron chi connectivity index (χ2n) is 2.88. The quantitative estimate of drug-likeness (QED) is 0.519. The van der Waals surface area contributed by atoms with Crippen molar-refractivity contribution in [2.45, 2.75) is 6.42 Å². The number of carbonyl (C=O) groups is 2. The normalized spacial score (nSPS) is 19.8. The molecular weight excluding hydrogens is 158 g/mol. The fraction of sp³-hybridized carbons (Fsp3) is 0.714. The number of rotatable bonds is 2. The second-order valence-corrected chi connectivity index (χ2v) is 2.88. The number of nitrogens with zero attached hydrogens (tertiary/aromatic N) is 1. The summed E-state index contributed by atoms with van der Waals surface area (Å²) in [4.78, 5) is 23.3. The molecule has 3 N–H and O–H groups in total. The van der Waals surface area contributed by atoms with Crippen LogP contribution in [0.5, 0.6) is 0 Å². The molecule has 0 spiro atoms. The number of nitrogens with two attached hydrogens (primary N) is 1. The first-order chi connectivity index (χ1) is 5.68. The van der Waals surface area contributed by atoms with E-state index in [4.69, 9.17) is 5.73 Å². The fourth-order valence-corrected chi connectivity index (χ4v) is 1.22. The Morgan fingerprint density at radius 2 is 2.42 bits per heavy atom. The van der Waals surface area contributed by atoms with Crippen molar-refractivity contribution in [3.05, 3.63) is 0 Å². The Balaban J connectivity index is 2.41. The summed E-state index contributed by atoms with van der Waals surface area (Å²) in [5.74, 6) is -0.418. The van der Waals surface area contributed by atoms with Gasteiger partial charge in [0.15, 0.2) is 0 Å². The van der Waals surface area contributed by atoms with Crippen LogP contribution in [0, 0.1) is 0 Å². The molecule has 0 saturated carbocycles. The van der Waals surface area contributed by atoms with Crippen molar-refractivity contribution >= 4 is 11.8 Å². The minimum absolute atomic E-state index is 0.0336. The topological polar surface area (TPSA) is 75.4 Å². The van der Waals surface area contributed by atoms with Gasteiger partial charge in [0.25, 0.3) is 0 Å². The van der Waals surface area contributed by atoms with Crippen LogP contribution in [0.3, 0.4) is 0 Å². The van der Waals surface area contributed by atoms with Crippen LogP contribution in [0.4, 0.5) is 0 Å². The second kappa shape index (κ2) is 4.06. The maximum Gasteiger partial charge on any atom is 0.234 e. The standard InChI is InChI=1S/C7H13N3O2/c8-6(11)4-10-3-1-2-9-7(12)5-10/h1-5H2,(H2,8,11)(H,9,12). The van der Waals surface area contributed by atoms with E-state index < -0.39 is 0 Å². The lowest BCUT2D eigenvalue weighted by Crippen LogP contribution is -2.38. The van der Waals surface area contributed by atoms with Crippen molar-refractivity contribution in [3.63, 3.8) is 0 Å². The van der Waals surface area contributed by atoms with Gasteiger partial charge in [-0.1, -0.05) is 0 Å². The number of carbonyl (C=O) groups excluding carboxylic acids is 2. The third-order valence-electron chi connectivity index (χ3n) is 1.72. The summed E-state index contributed by atoms with van der Waals surface area (Å²) in [6.45, 7) is 1.89. The fourth-order valence-electron chi connectivity index (χ4n) is 1.22. The first-order valence-corrected chi connectivity index (χ1v) is 3.96. The molecule has 0 atom stereocenters. The summed E-state index contributed by atoms with van der Waals surface area (Å²) in [5.41, 5.74) is 5.01. The molecule has 68 valence electrons. The van der Waals surface area contributed by atoms with Crippen LogP contribution in [0.15, 0.2) is 0 Å². The molecule has 0 radical (unpaired) electrons. The average Bonchev–Trinajstić information content (AvgIpc) is 2.12. The Labute approximate surface area is 70.9 Å². The van der Waals surface area contributed by atoms with E-state index in [0.717, 1.165) is 13.0 Å². The summed E-state index contributed by atoms with van der Waals surface area (Å²) < 4.78 is 0. The Morgan fingerprint density at radius 1 is 1.67 bits per heavy atom. The van der Waals surface area contributed by atoms with E-state index in [2.05, 4.69) is 5.32 Å². The summed E-state index contributed by atoms with van der Waals surface area (Å²) in [7, 11) is 0. The van der Waals surface area contributed by atoms with Crippen LogP contribution in [0.1, 0.15) is 6.42 Å². The SMILES string of the molecule is NC(=O)CN1CCCNC(=O)C1. The van der Waals surface area contributed by atoms with Gasteiger partial charge < -0.3 is 11.1 Å². The first kappa shape index (κ1) is 8.99. The molecule has 1 heterocycles. The summed E-state index contributed by atoms with van der Waals surface area (Å²) >= 11 is 0. The Hall–Kier alpha value is -1.10. The predicted octanol–water partition coefficient (Wildman–Crippen LogP) is -1.71. The van der Waals surface area contributed by atoms with Gasteiger partial charge >= 0.3 is 0 Å². The van der Waals surface area contributed by atoms with E-state index in [0.29, 0.717) is 6.54 Å². The maximum atomic E-state index is 11.0. The molecule has 0 aliphatic carbocycles. The van der Waals surface area contributed by atoms with E-state index in [-0.39, 0.29) is 24.9 Å². The predicted molar refractivity (Wildman–Crippen MR) is 43.3 cm³/mol. The zero-order chi connectivity index (χ0) is 8.97. The largest absolute Gasteiger partial charge is 0.369 e. The molecule has 5 nitrogen and oxygen atoms in total. The van der Waals surface area contributed by atoms with Gasteiger partial charge in [-0.15, -0.1) is 0 Å². The van der Waals surface area contributed by atoms with Gasteiger partial charge in [-0.3, -0.25) is 14.5 Å². The van der Waals surface area contributed by atoms with Crippen molar-refractivity contribution in [2.75, 3.05) is 26.2 Å². The lowest BCUT2D eigenvalue weighted by molar-refractivity contribution is -0.123. The lowest BCUT2D eigenvalue weighted by Gasteiger charge is -2.15. The van der Waals surface area contributed by atoms with Crippen LogP contribution in [-0.2, 0) is 9.59 Å². The molecule has 1 fully saturated rings. The zero-order valence-electron chi connectivity index (χ0n) is 6.88. The van der Waals surface area contributed by atoms with Gasteiger partial charge in [0.2, 0.25) is 11.8 Å². The first-order valence-electron chi connectivity index (χ1n) is 3.96. The van der Waals surface area contributed by atoms with Gasteiger partial charge in [0.1, 0.15) is 0 Å². The molecule has 1 aliphatic heterocycles. The molecule has 0 aromatic rings. The van der Waals surface area contributed by atoms with Crippen LogP contribution in [0.25, 0.3) is 0 Å². The number of primary amides is 1. The van der Waals surface area contributed by atoms with E-state index in [1.807, 2.05) is 0 Å². The Kier molecular flexibility index (Phi) is 3.04. The summed E-state index contributed by atoms with van der Waals surface area (Å²) in [5, 5.41) is 2.72.